The molecule has 0 aliphatic heterocycles. The molecule has 1 N–H and O–H groups in total. The molecule has 0 unspecified atom stereocenters. The Hall–Kier alpha value is -5.70. The number of nitriles is 1. The fraction of sp³-hybridized carbons (Fsp3) is 0.224. The summed E-state index contributed by atoms with van der Waals surface area (Å²) < 4.78 is 0. The topological polar surface area (TPSA) is 64.3 Å². The van der Waals surface area contributed by atoms with Gasteiger partial charge in [0.15, 0.2) is 0 Å². The van der Waals surface area contributed by atoms with E-state index in [0.29, 0.717) is 0 Å². The Kier molecular flexibility index (Phi) is 10.9. The van der Waals surface area contributed by atoms with E-state index in [-0.39, 0.29) is 11.0 Å². The number of fused-ring (bicyclic) bond motifs is 3. The van der Waals surface area contributed by atoms with Crippen molar-refractivity contribution in [2.24, 2.45) is 0 Å². The minimum Gasteiger partial charge on any atom is -0.477 e. The molecule has 0 saturated carbocycles. The first-order chi connectivity index (χ1) is 26.4. The predicted molar refractivity (Wildman–Crippen MR) is 226 cm³/mol. The molecule has 0 amide bonds. The van der Waals surface area contributed by atoms with Crippen LogP contribution in [-0.4, -0.2) is 11.1 Å². The Labute approximate surface area is 323 Å². The second kappa shape index (κ2) is 16.1. The summed E-state index contributed by atoms with van der Waals surface area (Å²) in [6.45, 7) is 6.80. The molecule has 1 aliphatic rings. The number of hydrogen-bond acceptors (Lipinski definition) is 4. The Bertz CT molecular complexity index is 2290. The minimum atomic E-state index is -1.19. The first-order valence-corrected chi connectivity index (χ1v) is 20.0. The SMILES string of the molecule is CCCCCCc1cc(-c2ccc3c(c2)C(CC)(CC)c2cc(-c4ccc(N(c5ccccc5)c5ccccc5)cc4)ccc2-3)sc1/C=C(\C#N)C(=O)O. The standard InChI is InChI=1S/C49H46N2O2S/c1-4-7-8-11-16-36-31-46(54-47(36)32-38(33-50)48(52)53)37-24-28-43-42-27-23-35(29-44(42)49(5-2,6-3)45(43)30-37)34-21-25-41(26-22-34)51(39-17-12-9-13-18-39)40-19-14-10-15-20-40/h9-10,12-15,17-32H,4-8,11,16H2,1-3H3,(H,52,53)/b38-32+. The molecule has 1 heterocycles. The number of carboxylic acid groups (broad SMARTS) is 1. The Morgan fingerprint density at radius 2 is 1.26 bits per heavy atom. The lowest BCUT2D eigenvalue weighted by atomic mass is 9.73. The molecule has 0 fully saturated rings. The Morgan fingerprint density at radius 3 is 1.81 bits per heavy atom. The van der Waals surface area contributed by atoms with Crippen LogP contribution in [0.4, 0.5) is 17.1 Å². The van der Waals surface area contributed by atoms with Crippen molar-refractivity contribution in [2.75, 3.05) is 4.90 Å². The number of anilines is 3. The molecule has 6 aromatic rings. The summed E-state index contributed by atoms with van der Waals surface area (Å²) >= 11 is 1.59. The Morgan fingerprint density at radius 1 is 0.704 bits per heavy atom. The molecular formula is C49H46N2O2S. The van der Waals surface area contributed by atoms with Crippen molar-refractivity contribution in [3.05, 3.63) is 155 Å². The number of aliphatic carboxylic acids is 1. The molecule has 0 spiro atoms. The maximum absolute atomic E-state index is 11.8. The first-order valence-electron chi connectivity index (χ1n) is 19.2. The summed E-state index contributed by atoms with van der Waals surface area (Å²) in [6, 6.07) is 47.9. The summed E-state index contributed by atoms with van der Waals surface area (Å²) in [6.07, 6.45) is 8.88. The summed E-state index contributed by atoms with van der Waals surface area (Å²) in [5.74, 6) is -1.19. The van der Waals surface area contributed by atoms with Gasteiger partial charge in [0.05, 0.1) is 0 Å². The fourth-order valence-electron chi connectivity index (χ4n) is 8.16. The van der Waals surface area contributed by atoms with Gasteiger partial charge in [-0.25, -0.2) is 4.79 Å². The smallest absolute Gasteiger partial charge is 0.346 e. The zero-order valence-electron chi connectivity index (χ0n) is 31.3. The van der Waals surface area contributed by atoms with Gasteiger partial charge in [0, 0.05) is 32.2 Å². The Balaban J connectivity index is 1.23. The average molecular weight is 727 g/mol. The van der Waals surface area contributed by atoms with Crippen LogP contribution in [0.3, 0.4) is 0 Å². The lowest BCUT2D eigenvalue weighted by Crippen LogP contribution is -2.23. The highest BCUT2D eigenvalue weighted by Gasteiger charge is 2.41. The van der Waals surface area contributed by atoms with Crippen LogP contribution < -0.4 is 4.90 Å². The van der Waals surface area contributed by atoms with Crippen molar-refractivity contribution >= 4 is 40.4 Å². The maximum Gasteiger partial charge on any atom is 0.346 e. The van der Waals surface area contributed by atoms with E-state index in [1.807, 2.05) is 18.2 Å². The monoisotopic (exact) mass is 726 g/mol. The number of rotatable bonds is 14. The normalized spacial score (nSPS) is 12.9. The third-order valence-electron chi connectivity index (χ3n) is 11.1. The molecule has 5 aromatic carbocycles. The van der Waals surface area contributed by atoms with Gasteiger partial charge in [-0.2, -0.15) is 5.26 Å². The molecule has 0 bridgehead atoms. The van der Waals surface area contributed by atoms with Crippen LogP contribution in [0.25, 0.3) is 38.8 Å². The van der Waals surface area contributed by atoms with Crippen molar-refractivity contribution in [2.45, 2.75) is 71.1 Å². The summed E-state index contributed by atoms with van der Waals surface area (Å²) in [7, 11) is 0. The number of para-hydroxylation sites is 2. The third kappa shape index (κ3) is 7.02. The van der Waals surface area contributed by atoms with Gasteiger partial charge in [0.1, 0.15) is 11.6 Å². The van der Waals surface area contributed by atoms with Gasteiger partial charge >= 0.3 is 5.97 Å². The number of unbranched alkanes of at least 4 members (excludes halogenated alkanes) is 3. The van der Waals surface area contributed by atoms with E-state index >= 15 is 0 Å². The van der Waals surface area contributed by atoms with Crippen LogP contribution in [0.2, 0.25) is 0 Å². The molecule has 5 heteroatoms. The number of nitrogens with zero attached hydrogens (tertiary/aromatic N) is 2. The van der Waals surface area contributed by atoms with E-state index in [4.69, 9.17) is 0 Å². The summed E-state index contributed by atoms with van der Waals surface area (Å²) in [5, 5.41) is 19.2. The van der Waals surface area contributed by atoms with Gasteiger partial charge < -0.3 is 10.0 Å². The highest BCUT2D eigenvalue weighted by Crippen LogP contribution is 2.54. The highest BCUT2D eigenvalue weighted by atomic mass is 32.1. The molecule has 0 saturated heterocycles. The predicted octanol–water partition coefficient (Wildman–Crippen LogP) is 13.8. The molecule has 54 heavy (non-hydrogen) atoms. The lowest BCUT2D eigenvalue weighted by molar-refractivity contribution is -0.132. The quantitative estimate of drug-likeness (QED) is 0.0689. The van der Waals surface area contributed by atoms with Crippen molar-refractivity contribution in [3.8, 4) is 38.8 Å². The van der Waals surface area contributed by atoms with E-state index in [2.05, 4.69) is 141 Å². The van der Waals surface area contributed by atoms with Gasteiger partial charge in [-0.3, -0.25) is 0 Å². The number of hydrogen-bond donors (Lipinski definition) is 1. The van der Waals surface area contributed by atoms with Gasteiger partial charge in [-0.1, -0.05) is 113 Å². The maximum atomic E-state index is 11.8. The summed E-state index contributed by atoms with van der Waals surface area (Å²) in [5.41, 5.74) is 12.9. The van der Waals surface area contributed by atoms with Crippen molar-refractivity contribution in [1.82, 2.24) is 0 Å². The number of carbonyl (C=O) groups is 1. The van der Waals surface area contributed by atoms with Gasteiger partial charge in [-0.15, -0.1) is 11.3 Å². The molecule has 1 aromatic heterocycles. The zero-order chi connectivity index (χ0) is 37.7. The minimum absolute atomic E-state index is 0.131. The molecule has 0 atom stereocenters. The molecule has 7 rings (SSSR count). The number of benzene rings is 5. The van der Waals surface area contributed by atoms with E-state index in [0.717, 1.165) is 76.5 Å². The van der Waals surface area contributed by atoms with Gasteiger partial charge in [0.2, 0.25) is 0 Å². The number of thiophene rings is 1. The molecule has 1 aliphatic carbocycles. The van der Waals surface area contributed by atoms with Crippen LogP contribution in [0.15, 0.2) is 133 Å². The fourth-order valence-corrected chi connectivity index (χ4v) is 9.31. The molecule has 270 valence electrons. The average Bonchev–Trinajstić information content (AvgIpc) is 3.75. The van der Waals surface area contributed by atoms with Crippen LogP contribution in [-0.2, 0) is 16.6 Å². The second-order valence-electron chi connectivity index (χ2n) is 14.1. The molecular weight excluding hydrogens is 681 g/mol. The third-order valence-corrected chi connectivity index (χ3v) is 12.3. The van der Waals surface area contributed by atoms with Crippen molar-refractivity contribution in [3.63, 3.8) is 0 Å². The van der Waals surface area contributed by atoms with E-state index < -0.39 is 5.97 Å². The van der Waals surface area contributed by atoms with Crippen LogP contribution in [0, 0.1) is 11.3 Å². The van der Waals surface area contributed by atoms with E-state index in [1.54, 1.807) is 17.4 Å². The van der Waals surface area contributed by atoms with Crippen molar-refractivity contribution in [1.29, 1.82) is 5.26 Å². The van der Waals surface area contributed by atoms with Gasteiger partial charge in [-0.05, 0) is 131 Å². The molecule has 0 radical (unpaired) electrons. The van der Waals surface area contributed by atoms with Crippen molar-refractivity contribution < 1.29 is 9.90 Å². The summed E-state index contributed by atoms with van der Waals surface area (Å²) in [4.78, 5) is 16.0. The lowest BCUT2D eigenvalue weighted by Gasteiger charge is -2.30. The largest absolute Gasteiger partial charge is 0.477 e. The van der Waals surface area contributed by atoms with Crippen LogP contribution >= 0.6 is 11.3 Å². The van der Waals surface area contributed by atoms with Crippen LogP contribution in [0.5, 0.6) is 0 Å². The number of carboxylic acids is 1. The van der Waals surface area contributed by atoms with Gasteiger partial charge in [0.25, 0.3) is 0 Å². The second-order valence-corrected chi connectivity index (χ2v) is 15.2. The van der Waals surface area contributed by atoms with Crippen LogP contribution in [0.1, 0.15) is 80.9 Å². The van der Waals surface area contributed by atoms with E-state index in [1.165, 1.54) is 39.8 Å². The zero-order valence-corrected chi connectivity index (χ0v) is 32.1. The number of aryl methyl sites for hydroxylation is 1. The van der Waals surface area contributed by atoms with E-state index in [9.17, 15) is 15.2 Å². The first kappa shape index (κ1) is 36.6. The highest BCUT2D eigenvalue weighted by molar-refractivity contribution is 7.16. The molecule has 4 nitrogen and oxygen atoms in total.